The lowest BCUT2D eigenvalue weighted by Gasteiger charge is -2.34. The van der Waals surface area contributed by atoms with Crippen molar-refractivity contribution < 1.29 is 23.5 Å². The van der Waals surface area contributed by atoms with Crippen molar-refractivity contribution in [3.05, 3.63) is 78.1 Å². The summed E-state index contributed by atoms with van der Waals surface area (Å²) >= 11 is 0. The molecule has 1 atom stereocenters. The summed E-state index contributed by atoms with van der Waals surface area (Å²) in [5, 5.41) is 11.5. The second kappa shape index (κ2) is 12.1. The Labute approximate surface area is 231 Å². The SMILES string of the molecule is COc1ccc(C(C(=O)NC2CCCCC2)N(C(=O)Cn2nnc3ccccc32)c2ccc(F)cc2)c(OC)c1. The van der Waals surface area contributed by atoms with E-state index in [4.69, 9.17) is 9.47 Å². The van der Waals surface area contributed by atoms with Crippen molar-refractivity contribution >= 4 is 28.5 Å². The van der Waals surface area contributed by atoms with Crippen molar-refractivity contribution in [2.45, 2.75) is 50.7 Å². The molecule has 0 saturated heterocycles. The smallest absolute Gasteiger partial charge is 0.249 e. The fourth-order valence-corrected chi connectivity index (χ4v) is 5.25. The van der Waals surface area contributed by atoms with Crippen molar-refractivity contribution in [1.29, 1.82) is 0 Å². The highest BCUT2D eigenvalue weighted by molar-refractivity contribution is 6.02. The summed E-state index contributed by atoms with van der Waals surface area (Å²) in [4.78, 5) is 29.7. The second-order valence-electron chi connectivity index (χ2n) is 9.83. The maximum atomic E-state index is 14.2. The number of nitrogens with zero attached hydrogens (tertiary/aromatic N) is 4. The molecule has 40 heavy (non-hydrogen) atoms. The lowest BCUT2D eigenvalue weighted by molar-refractivity contribution is -0.127. The molecule has 0 aliphatic heterocycles. The van der Waals surface area contributed by atoms with Gasteiger partial charge in [-0.1, -0.05) is 36.6 Å². The largest absolute Gasteiger partial charge is 0.497 e. The number of halogens is 1. The standard InChI is InChI=1S/C30H32FN5O4/c1-39-23-16-17-24(27(18-23)40-2)29(30(38)32-21-8-4-3-5-9-21)36(22-14-12-20(31)13-15-22)28(37)19-35-26-11-7-6-10-25(26)33-34-35/h6-7,10-18,21,29H,3-5,8-9,19H2,1-2H3,(H,32,38). The third kappa shape index (κ3) is 5.75. The molecule has 2 amide bonds. The first kappa shape index (κ1) is 27.1. The number of hydrogen-bond donors (Lipinski definition) is 1. The second-order valence-corrected chi connectivity index (χ2v) is 9.83. The quantitative estimate of drug-likeness (QED) is 0.324. The summed E-state index contributed by atoms with van der Waals surface area (Å²) in [5.74, 6) is -0.306. The minimum Gasteiger partial charge on any atom is -0.497 e. The van der Waals surface area contributed by atoms with Gasteiger partial charge in [0.15, 0.2) is 0 Å². The number of ether oxygens (including phenoxy) is 2. The van der Waals surface area contributed by atoms with Crippen molar-refractivity contribution in [3.63, 3.8) is 0 Å². The summed E-state index contributed by atoms with van der Waals surface area (Å²) in [6.45, 7) is -0.191. The van der Waals surface area contributed by atoms with E-state index in [2.05, 4.69) is 15.6 Å². The summed E-state index contributed by atoms with van der Waals surface area (Å²) in [5.41, 5.74) is 2.16. The van der Waals surface area contributed by atoms with Crippen LogP contribution in [0, 0.1) is 5.82 Å². The van der Waals surface area contributed by atoms with Gasteiger partial charge in [0, 0.05) is 23.4 Å². The van der Waals surface area contributed by atoms with E-state index >= 15 is 0 Å². The predicted octanol–water partition coefficient (Wildman–Crippen LogP) is 4.81. The average molecular weight is 546 g/mol. The number of hydrogen-bond acceptors (Lipinski definition) is 6. The molecule has 1 saturated carbocycles. The highest BCUT2D eigenvalue weighted by Crippen LogP contribution is 2.36. The number of carbonyl (C=O) groups excluding carboxylic acids is 2. The van der Waals surface area contributed by atoms with Gasteiger partial charge in [0.25, 0.3) is 0 Å². The zero-order valence-electron chi connectivity index (χ0n) is 22.5. The fraction of sp³-hybridized carbons (Fsp3) is 0.333. The van der Waals surface area contributed by atoms with Crippen molar-refractivity contribution in [2.75, 3.05) is 19.1 Å². The van der Waals surface area contributed by atoms with E-state index in [0.717, 1.165) is 32.1 Å². The van der Waals surface area contributed by atoms with Crippen LogP contribution in [0.5, 0.6) is 11.5 Å². The zero-order valence-corrected chi connectivity index (χ0v) is 22.5. The molecule has 0 spiro atoms. The Balaban J connectivity index is 1.61. The number of rotatable bonds is 9. The Morgan fingerprint density at radius 1 is 1.02 bits per heavy atom. The molecule has 5 rings (SSSR count). The van der Waals surface area contributed by atoms with Gasteiger partial charge in [-0.25, -0.2) is 9.07 Å². The van der Waals surface area contributed by atoms with Crippen molar-refractivity contribution in [3.8, 4) is 11.5 Å². The molecular weight excluding hydrogens is 513 g/mol. The number of benzene rings is 3. The molecule has 9 nitrogen and oxygen atoms in total. The van der Waals surface area contributed by atoms with E-state index in [9.17, 15) is 14.0 Å². The number of methoxy groups -OCH3 is 2. The van der Waals surface area contributed by atoms with E-state index < -0.39 is 17.8 Å². The molecule has 10 heteroatoms. The predicted molar refractivity (Wildman–Crippen MR) is 149 cm³/mol. The number of anilines is 1. The minimum absolute atomic E-state index is 0.00239. The molecule has 1 N–H and O–H groups in total. The van der Waals surface area contributed by atoms with Crippen LogP contribution in [0.25, 0.3) is 11.0 Å². The van der Waals surface area contributed by atoms with E-state index in [1.165, 1.54) is 41.0 Å². The van der Waals surface area contributed by atoms with Gasteiger partial charge in [-0.05, 0) is 61.4 Å². The number of amides is 2. The maximum absolute atomic E-state index is 14.2. The third-order valence-corrected chi connectivity index (χ3v) is 7.27. The number of carbonyl (C=O) groups is 2. The van der Waals surface area contributed by atoms with Gasteiger partial charge in [-0.15, -0.1) is 5.10 Å². The van der Waals surface area contributed by atoms with Crippen LogP contribution >= 0.6 is 0 Å². The molecule has 1 aliphatic rings. The van der Waals surface area contributed by atoms with Crippen molar-refractivity contribution in [1.82, 2.24) is 20.3 Å². The van der Waals surface area contributed by atoms with Crippen LogP contribution in [0.1, 0.15) is 43.7 Å². The molecule has 1 heterocycles. The minimum atomic E-state index is -1.12. The Bertz CT molecular complexity index is 1480. The van der Waals surface area contributed by atoms with Crippen LogP contribution in [0.4, 0.5) is 10.1 Å². The molecule has 1 aliphatic carbocycles. The molecule has 1 unspecified atom stereocenters. The summed E-state index contributed by atoms with van der Waals surface area (Å²) in [6, 6.07) is 16.8. The molecule has 208 valence electrons. The number of fused-ring (bicyclic) bond motifs is 1. The van der Waals surface area contributed by atoms with Gasteiger partial charge < -0.3 is 14.8 Å². The van der Waals surface area contributed by atoms with E-state index in [0.29, 0.717) is 33.8 Å². The molecule has 0 bridgehead atoms. The molecule has 3 aromatic carbocycles. The molecule has 1 aromatic heterocycles. The lowest BCUT2D eigenvalue weighted by atomic mass is 9.94. The van der Waals surface area contributed by atoms with Gasteiger partial charge in [0.05, 0.1) is 19.7 Å². The summed E-state index contributed by atoms with van der Waals surface area (Å²) in [6.07, 6.45) is 4.93. The lowest BCUT2D eigenvalue weighted by Crippen LogP contribution is -2.48. The highest BCUT2D eigenvalue weighted by Gasteiger charge is 2.36. The van der Waals surface area contributed by atoms with Crippen LogP contribution in [0.3, 0.4) is 0 Å². The first-order chi connectivity index (χ1) is 19.5. The van der Waals surface area contributed by atoms with Crippen LogP contribution in [0.2, 0.25) is 0 Å². The highest BCUT2D eigenvalue weighted by atomic mass is 19.1. The zero-order chi connectivity index (χ0) is 28.1. The number of aromatic nitrogens is 3. The van der Waals surface area contributed by atoms with Crippen LogP contribution in [-0.2, 0) is 16.1 Å². The fourth-order valence-electron chi connectivity index (χ4n) is 5.25. The topological polar surface area (TPSA) is 98.6 Å². The van der Waals surface area contributed by atoms with Crippen LogP contribution in [-0.4, -0.2) is 47.1 Å². The molecule has 1 fully saturated rings. The molecular formula is C30H32FN5O4. The van der Waals surface area contributed by atoms with Gasteiger partial charge in [-0.3, -0.25) is 14.5 Å². The number of nitrogens with one attached hydrogen (secondary N) is 1. The van der Waals surface area contributed by atoms with Gasteiger partial charge in [-0.2, -0.15) is 0 Å². The normalized spacial score (nSPS) is 14.5. The Morgan fingerprint density at radius 3 is 2.50 bits per heavy atom. The molecule has 0 radical (unpaired) electrons. The van der Waals surface area contributed by atoms with E-state index in [-0.39, 0.29) is 18.5 Å². The number of para-hydroxylation sites is 1. The van der Waals surface area contributed by atoms with Gasteiger partial charge >= 0.3 is 0 Å². The van der Waals surface area contributed by atoms with Crippen LogP contribution in [0.15, 0.2) is 66.7 Å². The first-order valence-electron chi connectivity index (χ1n) is 13.4. The van der Waals surface area contributed by atoms with E-state index in [1.807, 2.05) is 24.3 Å². The maximum Gasteiger partial charge on any atom is 0.249 e. The van der Waals surface area contributed by atoms with Crippen LogP contribution < -0.4 is 19.7 Å². The Kier molecular flexibility index (Phi) is 8.23. The van der Waals surface area contributed by atoms with E-state index in [1.54, 1.807) is 25.3 Å². The summed E-state index contributed by atoms with van der Waals surface area (Å²) < 4.78 is 26.5. The summed E-state index contributed by atoms with van der Waals surface area (Å²) in [7, 11) is 3.04. The Hall–Kier alpha value is -4.47. The first-order valence-corrected chi connectivity index (χ1v) is 13.4. The third-order valence-electron chi connectivity index (χ3n) is 7.27. The molecule has 4 aromatic rings. The van der Waals surface area contributed by atoms with Gasteiger partial charge in [0.1, 0.15) is 35.4 Å². The van der Waals surface area contributed by atoms with Crippen molar-refractivity contribution in [2.24, 2.45) is 0 Å². The Morgan fingerprint density at radius 2 is 1.77 bits per heavy atom. The average Bonchev–Trinajstić information content (AvgIpc) is 3.39. The van der Waals surface area contributed by atoms with Gasteiger partial charge in [0.2, 0.25) is 11.8 Å². The monoisotopic (exact) mass is 545 g/mol.